The fourth-order valence-electron chi connectivity index (χ4n) is 2.37. The highest BCUT2D eigenvalue weighted by atomic mass is 35.5. The number of fused-ring (bicyclic) bond motifs is 1. The predicted molar refractivity (Wildman–Crippen MR) is 92.2 cm³/mol. The average Bonchev–Trinajstić information content (AvgIpc) is 3.05. The Labute approximate surface area is 152 Å². The largest absolute Gasteiger partial charge is 0.468 e. The zero-order valence-corrected chi connectivity index (χ0v) is 14.4. The third-order valence-corrected chi connectivity index (χ3v) is 4.04. The van der Waals surface area contributed by atoms with Crippen molar-refractivity contribution in [3.63, 3.8) is 0 Å². The van der Waals surface area contributed by atoms with Gasteiger partial charge in [0.25, 0.3) is 0 Å². The number of nitrogens with one attached hydrogen (secondary N) is 1. The van der Waals surface area contributed by atoms with E-state index in [1.54, 1.807) is 6.07 Å². The molecular weight excluding hydrogens is 365 g/mol. The van der Waals surface area contributed by atoms with E-state index in [0.29, 0.717) is 22.4 Å². The molecule has 2 N–H and O–H groups in total. The number of nitrogens with zero attached hydrogens (tertiary/aromatic N) is 4. The van der Waals surface area contributed by atoms with Gasteiger partial charge in [-0.3, -0.25) is 4.79 Å². The second kappa shape index (κ2) is 7.63. The topological polar surface area (TPSA) is 102 Å². The molecule has 3 rings (SSSR count). The molecule has 10 heteroatoms. The van der Waals surface area contributed by atoms with Crippen LogP contribution in [0, 0.1) is 5.82 Å². The normalized spacial score (nSPS) is 12.2. The number of hydrogen-bond donors (Lipinski definition) is 2. The molecule has 3 aromatic rings. The third-order valence-electron chi connectivity index (χ3n) is 3.73. The molecule has 0 saturated carbocycles. The van der Waals surface area contributed by atoms with Crippen molar-refractivity contribution in [2.75, 3.05) is 19.0 Å². The van der Waals surface area contributed by atoms with Crippen LogP contribution in [0.5, 0.6) is 0 Å². The van der Waals surface area contributed by atoms with E-state index in [0.717, 1.165) is 0 Å². The molecule has 1 unspecified atom stereocenters. The summed E-state index contributed by atoms with van der Waals surface area (Å²) in [6.45, 7) is -0.00149. The molecule has 0 fully saturated rings. The number of hydrogen-bond acceptors (Lipinski definition) is 7. The predicted octanol–water partition coefficient (Wildman–Crippen LogP) is 1.94. The van der Waals surface area contributed by atoms with Gasteiger partial charge in [-0.2, -0.15) is 5.10 Å². The van der Waals surface area contributed by atoms with E-state index in [-0.39, 0.29) is 18.1 Å². The van der Waals surface area contributed by atoms with Gasteiger partial charge in [0, 0.05) is 6.54 Å². The number of aliphatic hydroxyl groups is 1. The van der Waals surface area contributed by atoms with E-state index in [4.69, 9.17) is 11.6 Å². The monoisotopic (exact) mass is 379 g/mol. The molecule has 0 aliphatic heterocycles. The van der Waals surface area contributed by atoms with Gasteiger partial charge in [0.05, 0.1) is 29.8 Å². The number of carbonyl (C=O) groups excluding carboxylic acids is 1. The Morgan fingerprint density at radius 1 is 1.46 bits per heavy atom. The summed E-state index contributed by atoms with van der Waals surface area (Å²) in [6, 6.07) is 4.11. The van der Waals surface area contributed by atoms with Crippen LogP contribution in [0.2, 0.25) is 5.02 Å². The van der Waals surface area contributed by atoms with E-state index in [1.807, 2.05) is 0 Å². The maximum absolute atomic E-state index is 13.5. The summed E-state index contributed by atoms with van der Waals surface area (Å²) in [5, 5.41) is 17.9. The minimum absolute atomic E-state index is 0.00978. The molecule has 26 heavy (non-hydrogen) atoms. The fourth-order valence-corrected chi connectivity index (χ4v) is 2.48. The first-order chi connectivity index (χ1) is 12.5. The molecule has 0 bridgehead atoms. The third kappa shape index (κ3) is 3.73. The second-order valence-electron chi connectivity index (χ2n) is 5.41. The number of halogens is 2. The van der Waals surface area contributed by atoms with Crippen LogP contribution < -0.4 is 5.32 Å². The number of aliphatic hydroxyl groups excluding tert-OH is 1. The van der Waals surface area contributed by atoms with Gasteiger partial charge in [0.1, 0.15) is 24.5 Å². The second-order valence-corrected chi connectivity index (χ2v) is 5.82. The number of anilines is 1. The van der Waals surface area contributed by atoms with Crippen LogP contribution >= 0.6 is 11.6 Å². The summed E-state index contributed by atoms with van der Waals surface area (Å²) < 4.78 is 19.5. The van der Waals surface area contributed by atoms with Crippen LogP contribution in [0.4, 0.5) is 10.2 Å². The molecule has 0 radical (unpaired) electrons. The van der Waals surface area contributed by atoms with Gasteiger partial charge in [0.2, 0.25) is 0 Å². The number of methoxy groups -OCH3 is 1. The number of ether oxygens (including phenoxy) is 1. The van der Waals surface area contributed by atoms with Crippen molar-refractivity contribution in [2.24, 2.45) is 0 Å². The van der Waals surface area contributed by atoms with Crippen LogP contribution in [0.3, 0.4) is 0 Å². The molecule has 0 saturated heterocycles. The van der Waals surface area contributed by atoms with Crippen molar-refractivity contribution >= 4 is 34.4 Å². The lowest BCUT2D eigenvalue weighted by atomic mass is 10.1. The van der Waals surface area contributed by atoms with Crippen LogP contribution in [-0.2, 0) is 16.1 Å². The number of esters is 1. The Morgan fingerprint density at radius 2 is 2.27 bits per heavy atom. The minimum Gasteiger partial charge on any atom is -0.468 e. The van der Waals surface area contributed by atoms with Crippen LogP contribution in [-0.4, -0.2) is 44.5 Å². The minimum atomic E-state index is -0.975. The Kier molecular flexibility index (Phi) is 5.29. The lowest BCUT2D eigenvalue weighted by molar-refractivity contribution is -0.141. The smallest absolute Gasteiger partial charge is 0.327 e. The van der Waals surface area contributed by atoms with Gasteiger partial charge in [-0.05, 0) is 17.7 Å². The summed E-state index contributed by atoms with van der Waals surface area (Å²) in [5.74, 6) is -0.625. The first-order valence-corrected chi connectivity index (χ1v) is 7.97. The first-order valence-electron chi connectivity index (χ1n) is 7.60. The van der Waals surface area contributed by atoms with Gasteiger partial charge in [-0.15, -0.1) is 0 Å². The highest BCUT2D eigenvalue weighted by molar-refractivity contribution is 6.30. The average molecular weight is 380 g/mol. The van der Waals surface area contributed by atoms with E-state index in [1.165, 1.54) is 36.4 Å². The molecular formula is C16H15ClFN5O3. The molecule has 1 aromatic carbocycles. The molecule has 1 atom stereocenters. The lowest BCUT2D eigenvalue weighted by Crippen LogP contribution is -2.14. The summed E-state index contributed by atoms with van der Waals surface area (Å²) in [5.41, 5.74) is 0.825. The van der Waals surface area contributed by atoms with Gasteiger partial charge >= 0.3 is 5.97 Å². The zero-order valence-electron chi connectivity index (χ0n) is 13.7. The van der Waals surface area contributed by atoms with E-state index in [9.17, 15) is 14.3 Å². The van der Waals surface area contributed by atoms with E-state index < -0.39 is 17.9 Å². The number of benzene rings is 1. The summed E-state index contributed by atoms with van der Waals surface area (Å²) in [4.78, 5) is 19.6. The number of carbonyl (C=O) groups is 1. The molecule has 8 nitrogen and oxygen atoms in total. The summed E-state index contributed by atoms with van der Waals surface area (Å²) >= 11 is 5.64. The van der Waals surface area contributed by atoms with Gasteiger partial charge in [0.15, 0.2) is 5.65 Å². The van der Waals surface area contributed by atoms with Crippen molar-refractivity contribution in [1.82, 2.24) is 19.7 Å². The molecule has 0 amide bonds. The lowest BCUT2D eigenvalue weighted by Gasteiger charge is -2.13. The molecule has 136 valence electrons. The summed E-state index contributed by atoms with van der Waals surface area (Å²) in [7, 11) is 1.29. The molecule has 2 heterocycles. The molecule has 0 aliphatic carbocycles. The Morgan fingerprint density at radius 3 is 3.00 bits per heavy atom. The van der Waals surface area contributed by atoms with Crippen LogP contribution in [0.25, 0.3) is 11.0 Å². The Hall–Kier alpha value is -2.78. The van der Waals surface area contributed by atoms with E-state index >= 15 is 0 Å². The SMILES string of the molecule is COC(=O)Cn1ncc2c(NCC(O)c3ccc(Cl)c(F)c3)ncnc21. The first kappa shape index (κ1) is 18.0. The van der Waals surface area contributed by atoms with Crippen molar-refractivity contribution in [1.29, 1.82) is 0 Å². The fraction of sp³-hybridized carbons (Fsp3) is 0.250. The highest BCUT2D eigenvalue weighted by Gasteiger charge is 2.15. The Balaban J connectivity index is 1.76. The maximum atomic E-state index is 13.5. The maximum Gasteiger partial charge on any atom is 0.327 e. The number of rotatable bonds is 6. The van der Waals surface area contributed by atoms with Crippen molar-refractivity contribution < 1.29 is 19.0 Å². The van der Waals surface area contributed by atoms with E-state index in [2.05, 4.69) is 25.1 Å². The van der Waals surface area contributed by atoms with Crippen molar-refractivity contribution in [3.05, 3.63) is 47.1 Å². The van der Waals surface area contributed by atoms with Gasteiger partial charge < -0.3 is 15.2 Å². The molecule has 2 aromatic heterocycles. The number of aromatic nitrogens is 4. The van der Waals surface area contributed by atoms with Gasteiger partial charge in [-0.25, -0.2) is 19.0 Å². The molecule has 0 spiro atoms. The summed E-state index contributed by atoms with van der Waals surface area (Å²) in [6.07, 6.45) is 1.85. The zero-order chi connectivity index (χ0) is 18.7. The highest BCUT2D eigenvalue weighted by Crippen LogP contribution is 2.22. The van der Waals surface area contributed by atoms with Crippen LogP contribution in [0.1, 0.15) is 11.7 Å². The standard InChI is InChI=1S/C16H15ClFN5O3/c1-26-14(25)7-23-16-10(5-22-23)15(20-8-21-16)19-6-13(24)9-2-3-11(17)12(18)4-9/h2-5,8,13,24H,6-7H2,1H3,(H,19,20,21). The van der Waals surface area contributed by atoms with Crippen LogP contribution in [0.15, 0.2) is 30.7 Å². The molecule has 0 aliphatic rings. The van der Waals surface area contributed by atoms with Crippen molar-refractivity contribution in [2.45, 2.75) is 12.6 Å². The van der Waals surface area contributed by atoms with Gasteiger partial charge in [-0.1, -0.05) is 17.7 Å². The Bertz CT molecular complexity index is 949. The van der Waals surface area contributed by atoms with Crippen molar-refractivity contribution in [3.8, 4) is 0 Å². The quantitative estimate of drug-likeness (QED) is 0.631.